The first-order chi connectivity index (χ1) is 12.5. The van der Waals surface area contributed by atoms with Gasteiger partial charge >= 0.3 is 0 Å². The van der Waals surface area contributed by atoms with Crippen molar-refractivity contribution in [1.82, 2.24) is 4.90 Å². The molecule has 0 bridgehead atoms. The van der Waals surface area contributed by atoms with E-state index < -0.39 is 5.91 Å². The van der Waals surface area contributed by atoms with Crippen molar-refractivity contribution in [2.24, 2.45) is 5.73 Å². The fourth-order valence-corrected chi connectivity index (χ4v) is 3.26. The number of nitrogens with zero attached hydrogens (tertiary/aromatic N) is 1. The largest absolute Gasteiger partial charge is 0.483 e. The first-order valence-corrected chi connectivity index (χ1v) is 8.98. The van der Waals surface area contributed by atoms with Gasteiger partial charge in [-0.05, 0) is 37.1 Å². The third kappa shape index (κ3) is 4.42. The van der Waals surface area contributed by atoms with E-state index in [2.05, 4.69) is 42.2 Å². The zero-order chi connectivity index (χ0) is 18.5. The zero-order valence-electron chi connectivity index (χ0n) is 15.4. The maximum absolute atomic E-state index is 11.0. The fourth-order valence-electron chi connectivity index (χ4n) is 3.26. The van der Waals surface area contributed by atoms with Crippen molar-refractivity contribution < 1.29 is 14.3 Å². The molecule has 2 aromatic rings. The van der Waals surface area contributed by atoms with Crippen LogP contribution in [0.15, 0.2) is 42.5 Å². The molecule has 1 aliphatic heterocycles. The van der Waals surface area contributed by atoms with E-state index in [9.17, 15) is 4.79 Å². The van der Waals surface area contributed by atoms with Crippen molar-refractivity contribution >= 4 is 5.91 Å². The summed E-state index contributed by atoms with van der Waals surface area (Å²) in [7, 11) is 0. The number of hydrogen-bond donors (Lipinski definition) is 1. The lowest BCUT2D eigenvalue weighted by atomic mass is 9.98. The Morgan fingerprint density at radius 2 is 1.88 bits per heavy atom. The van der Waals surface area contributed by atoms with Crippen molar-refractivity contribution in [3.63, 3.8) is 0 Å². The maximum atomic E-state index is 11.0. The summed E-state index contributed by atoms with van der Waals surface area (Å²) < 4.78 is 11.0. The average Bonchev–Trinajstić information content (AvgIpc) is 2.67. The Hall–Kier alpha value is -2.37. The first-order valence-electron chi connectivity index (χ1n) is 8.98. The van der Waals surface area contributed by atoms with Crippen molar-refractivity contribution in [2.45, 2.75) is 19.9 Å². The predicted molar refractivity (Wildman–Crippen MR) is 102 cm³/mol. The van der Waals surface area contributed by atoms with Gasteiger partial charge in [0.15, 0.2) is 6.61 Å². The van der Waals surface area contributed by atoms with Crippen molar-refractivity contribution in [1.29, 1.82) is 0 Å². The fraction of sp³-hybridized carbons (Fsp3) is 0.381. The SMILES string of the molecule is Cc1ccc(OCC(N)=O)c(-c2ccc([C@@H](C)N3CCOCC3)cc2)c1. The van der Waals surface area contributed by atoms with Gasteiger partial charge < -0.3 is 15.2 Å². The van der Waals surface area contributed by atoms with E-state index in [0.29, 0.717) is 11.8 Å². The summed E-state index contributed by atoms with van der Waals surface area (Å²) in [6.07, 6.45) is 0. The molecule has 2 N–H and O–H groups in total. The number of aryl methyl sites for hydroxylation is 1. The molecule has 1 heterocycles. The van der Waals surface area contributed by atoms with E-state index >= 15 is 0 Å². The van der Waals surface area contributed by atoms with Crippen molar-refractivity contribution in [3.8, 4) is 16.9 Å². The molecule has 0 aromatic heterocycles. The number of rotatable bonds is 6. The van der Waals surface area contributed by atoms with Crippen LogP contribution in [-0.2, 0) is 9.53 Å². The number of amides is 1. The second-order valence-electron chi connectivity index (χ2n) is 6.70. The van der Waals surface area contributed by atoms with Crippen LogP contribution in [-0.4, -0.2) is 43.7 Å². The summed E-state index contributed by atoms with van der Waals surface area (Å²) in [4.78, 5) is 13.5. The van der Waals surface area contributed by atoms with Crippen LogP contribution in [0.4, 0.5) is 0 Å². The normalized spacial score (nSPS) is 16.2. The lowest BCUT2D eigenvalue weighted by molar-refractivity contribution is -0.119. The lowest BCUT2D eigenvalue weighted by Gasteiger charge is -2.32. The molecule has 5 nitrogen and oxygen atoms in total. The van der Waals surface area contributed by atoms with Gasteiger partial charge in [-0.3, -0.25) is 9.69 Å². The molecule has 5 heteroatoms. The Morgan fingerprint density at radius 1 is 1.19 bits per heavy atom. The highest BCUT2D eigenvalue weighted by Crippen LogP contribution is 2.32. The molecule has 0 aliphatic carbocycles. The molecule has 1 saturated heterocycles. The molecule has 1 amide bonds. The summed E-state index contributed by atoms with van der Waals surface area (Å²) in [6, 6.07) is 14.8. The summed E-state index contributed by atoms with van der Waals surface area (Å²) in [6.45, 7) is 7.67. The topological polar surface area (TPSA) is 64.8 Å². The second-order valence-corrected chi connectivity index (χ2v) is 6.70. The van der Waals surface area contributed by atoms with Gasteiger partial charge in [-0.1, -0.05) is 35.9 Å². The van der Waals surface area contributed by atoms with Gasteiger partial charge in [-0.15, -0.1) is 0 Å². The van der Waals surface area contributed by atoms with E-state index in [1.54, 1.807) is 0 Å². The third-order valence-corrected chi connectivity index (χ3v) is 4.80. The van der Waals surface area contributed by atoms with Crippen LogP contribution >= 0.6 is 0 Å². The molecule has 0 radical (unpaired) electrons. The Balaban J connectivity index is 1.81. The number of carbonyl (C=O) groups excluding carboxylic acids is 1. The van der Waals surface area contributed by atoms with Crippen molar-refractivity contribution in [2.75, 3.05) is 32.9 Å². The minimum Gasteiger partial charge on any atom is -0.483 e. The number of carbonyl (C=O) groups is 1. The minimum atomic E-state index is -0.480. The summed E-state index contributed by atoms with van der Waals surface area (Å²) >= 11 is 0. The highest BCUT2D eigenvalue weighted by molar-refractivity contribution is 5.76. The second kappa shape index (κ2) is 8.34. The van der Waals surface area contributed by atoms with Crippen LogP contribution in [0.5, 0.6) is 5.75 Å². The summed E-state index contributed by atoms with van der Waals surface area (Å²) in [5.74, 6) is 0.189. The number of morpholine rings is 1. The molecule has 1 aliphatic rings. The smallest absolute Gasteiger partial charge is 0.255 e. The van der Waals surface area contributed by atoms with E-state index in [0.717, 1.165) is 43.0 Å². The van der Waals surface area contributed by atoms with E-state index in [-0.39, 0.29) is 6.61 Å². The van der Waals surface area contributed by atoms with Gasteiger partial charge in [0, 0.05) is 24.7 Å². The number of ether oxygens (including phenoxy) is 2. The van der Waals surface area contributed by atoms with Crippen LogP contribution in [0, 0.1) is 6.92 Å². The van der Waals surface area contributed by atoms with Gasteiger partial charge in [0.2, 0.25) is 0 Å². The highest BCUT2D eigenvalue weighted by Gasteiger charge is 2.18. The standard InChI is InChI=1S/C21H26N2O3/c1-15-3-8-20(26-14-21(22)24)19(13-15)18-6-4-17(5-7-18)16(2)23-9-11-25-12-10-23/h3-8,13,16H,9-12,14H2,1-2H3,(H2,22,24)/t16-/m1/s1. The van der Waals surface area contributed by atoms with Crippen LogP contribution < -0.4 is 10.5 Å². The zero-order valence-corrected chi connectivity index (χ0v) is 15.4. The van der Waals surface area contributed by atoms with Gasteiger partial charge in [-0.2, -0.15) is 0 Å². The van der Waals surface area contributed by atoms with Crippen LogP contribution in [0.3, 0.4) is 0 Å². The molecule has 138 valence electrons. The molecule has 26 heavy (non-hydrogen) atoms. The molecule has 1 atom stereocenters. The molecule has 0 saturated carbocycles. The predicted octanol–water partition coefficient (Wildman–Crippen LogP) is 2.92. The summed E-state index contributed by atoms with van der Waals surface area (Å²) in [5.41, 5.74) is 9.65. The lowest BCUT2D eigenvalue weighted by Crippen LogP contribution is -2.37. The van der Waals surface area contributed by atoms with Crippen LogP contribution in [0.1, 0.15) is 24.1 Å². The number of benzene rings is 2. The van der Waals surface area contributed by atoms with Gasteiger partial charge in [0.05, 0.1) is 13.2 Å². The minimum absolute atomic E-state index is 0.123. The van der Waals surface area contributed by atoms with Gasteiger partial charge in [0.25, 0.3) is 5.91 Å². The third-order valence-electron chi connectivity index (χ3n) is 4.80. The van der Waals surface area contributed by atoms with Crippen molar-refractivity contribution in [3.05, 3.63) is 53.6 Å². The first kappa shape index (κ1) is 18.4. The van der Waals surface area contributed by atoms with Gasteiger partial charge in [-0.25, -0.2) is 0 Å². The number of primary amides is 1. The Morgan fingerprint density at radius 3 is 2.54 bits per heavy atom. The number of nitrogens with two attached hydrogens (primary N) is 1. The Bertz CT molecular complexity index is 752. The molecule has 0 spiro atoms. The molecule has 3 rings (SSSR count). The van der Waals surface area contributed by atoms with E-state index in [4.69, 9.17) is 15.2 Å². The molecule has 0 unspecified atom stereocenters. The highest BCUT2D eigenvalue weighted by atomic mass is 16.5. The van der Waals surface area contributed by atoms with E-state index in [1.165, 1.54) is 5.56 Å². The number of hydrogen-bond acceptors (Lipinski definition) is 4. The van der Waals surface area contributed by atoms with Crippen LogP contribution in [0.25, 0.3) is 11.1 Å². The summed E-state index contributed by atoms with van der Waals surface area (Å²) in [5, 5.41) is 0. The quantitative estimate of drug-likeness (QED) is 0.866. The molecule has 2 aromatic carbocycles. The average molecular weight is 354 g/mol. The Kier molecular flexibility index (Phi) is 5.91. The molecular formula is C21H26N2O3. The Labute approximate surface area is 154 Å². The van der Waals surface area contributed by atoms with E-state index in [1.807, 2.05) is 19.1 Å². The molecule has 1 fully saturated rings. The van der Waals surface area contributed by atoms with Gasteiger partial charge in [0.1, 0.15) is 5.75 Å². The van der Waals surface area contributed by atoms with Crippen LogP contribution in [0.2, 0.25) is 0 Å². The molecular weight excluding hydrogens is 328 g/mol. The maximum Gasteiger partial charge on any atom is 0.255 e. The monoisotopic (exact) mass is 354 g/mol.